The maximum Gasteiger partial charge on any atom is 0.0158 e. The third kappa shape index (κ3) is 3.64. The van der Waals surface area contributed by atoms with Gasteiger partial charge in [-0.15, -0.1) is 0 Å². The Bertz CT molecular complexity index is 267. The molecule has 3 atom stereocenters. The zero-order valence-corrected chi connectivity index (χ0v) is 13.4. The molecule has 1 N–H and O–H groups in total. The molecular formula is C15H30N2S. The normalized spacial score (nSPS) is 37.7. The van der Waals surface area contributed by atoms with Crippen molar-refractivity contribution in [1.82, 2.24) is 10.2 Å². The van der Waals surface area contributed by atoms with Gasteiger partial charge in [0.1, 0.15) is 0 Å². The summed E-state index contributed by atoms with van der Waals surface area (Å²) in [5.74, 6) is 3.48. The maximum absolute atomic E-state index is 3.56. The van der Waals surface area contributed by atoms with Crippen LogP contribution in [-0.2, 0) is 0 Å². The number of nitrogens with zero attached hydrogens (tertiary/aromatic N) is 1. The lowest BCUT2D eigenvalue weighted by molar-refractivity contribution is 0.0928. The Morgan fingerprint density at radius 2 is 2.17 bits per heavy atom. The van der Waals surface area contributed by atoms with Gasteiger partial charge < -0.3 is 5.32 Å². The summed E-state index contributed by atoms with van der Waals surface area (Å²) in [6.07, 6.45) is 4.11. The monoisotopic (exact) mass is 270 g/mol. The molecule has 3 heteroatoms. The zero-order chi connectivity index (χ0) is 13.2. The van der Waals surface area contributed by atoms with E-state index in [9.17, 15) is 0 Å². The Morgan fingerprint density at radius 3 is 2.83 bits per heavy atom. The molecular weight excluding hydrogens is 240 g/mol. The van der Waals surface area contributed by atoms with Crippen molar-refractivity contribution >= 4 is 11.8 Å². The smallest absolute Gasteiger partial charge is 0.0158 e. The predicted octanol–water partition coefficient (Wildman–Crippen LogP) is 2.84. The van der Waals surface area contributed by atoms with E-state index in [2.05, 4.69) is 49.8 Å². The van der Waals surface area contributed by atoms with Gasteiger partial charge in [0.2, 0.25) is 0 Å². The van der Waals surface area contributed by atoms with Gasteiger partial charge >= 0.3 is 0 Å². The van der Waals surface area contributed by atoms with Crippen molar-refractivity contribution in [3.63, 3.8) is 0 Å². The molecule has 0 radical (unpaired) electrons. The van der Waals surface area contributed by atoms with Gasteiger partial charge in [0.15, 0.2) is 0 Å². The van der Waals surface area contributed by atoms with E-state index < -0.39 is 0 Å². The molecule has 0 aromatic rings. The number of rotatable bonds is 3. The molecule has 0 aromatic carbocycles. The Balaban J connectivity index is 1.95. The molecule has 0 spiro atoms. The second-order valence-corrected chi connectivity index (χ2v) is 8.13. The van der Waals surface area contributed by atoms with Crippen molar-refractivity contribution in [3.05, 3.63) is 0 Å². The first-order valence-corrected chi connectivity index (χ1v) is 8.66. The number of thioether (sulfide) groups is 1. The molecule has 18 heavy (non-hydrogen) atoms. The molecule has 3 unspecified atom stereocenters. The van der Waals surface area contributed by atoms with E-state index in [4.69, 9.17) is 0 Å². The van der Waals surface area contributed by atoms with Crippen molar-refractivity contribution in [2.75, 3.05) is 31.6 Å². The summed E-state index contributed by atoms with van der Waals surface area (Å²) in [4.78, 5) is 2.73. The van der Waals surface area contributed by atoms with Crippen LogP contribution in [0.3, 0.4) is 0 Å². The van der Waals surface area contributed by atoms with Crippen molar-refractivity contribution < 1.29 is 0 Å². The molecule has 1 aliphatic heterocycles. The Labute approximate surface area is 117 Å². The largest absolute Gasteiger partial charge is 0.317 e. The Morgan fingerprint density at radius 1 is 1.39 bits per heavy atom. The minimum absolute atomic E-state index is 0.547. The molecule has 1 saturated heterocycles. The molecule has 0 bridgehead atoms. The van der Waals surface area contributed by atoms with Crippen LogP contribution in [0.15, 0.2) is 0 Å². The minimum atomic E-state index is 0.547. The fourth-order valence-corrected chi connectivity index (χ4v) is 4.72. The number of hydrogen-bond acceptors (Lipinski definition) is 3. The average molecular weight is 270 g/mol. The van der Waals surface area contributed by atoms with Crippen molar-refractivity contribution in [3.8, 4) is 0 Å². The molecule has 1 saturated carbocycles. The summed E-state index contributed by atoms with van der Waals surface area (Å²) in [6, 6.07) is 1.51. The van der Waals surface area contributed by atoms with Crippen LogP contribution in [0, 0.1) is 11.3 Å². The lowest BCUT2D eigenvalue weighted by atomic mass is 9.69. The SMILES string of the molecule is CNC1CCC(C)(C)CC1CN1CCSCC1C. The van der Waals surface area contributed by atoms with Gasteiger partial charge in [0.25, 0.3) is 0 Å². The van der Waals surface area contributed by atoms with Gasteiger partial charge in [-0.2, -0.15) is 11.8 Å². The molecule has 2 rings (SSSR count). The Hall–Kier alpha value is 0.270. The Kier molecular flexibility index (Phi) is 5.01. The van der Waals surface area contributed by atoms with E-state index >= 15 is 0 Å². The molecule has 2 aliphatic rings. The minimum Gasteiger partial charge on any atom is -0.317 e. The van der Waals surface area contributed by atoms with Gasteiger partial charge in [-0.3, -0.25) is 4.90 Å². The summed E-state index contributed by atoms with van der Waals surface area (Å²) in [6.45, 7) is 9.88. The lowest BCUT2D eigenvalue weighted by Gasteiger charge is -2.44. The van der Waals surface area contributed by atoms with E-state index in [1.54, 1.807) is 0 Å². The summed E-state index contributed by atoms with van der Waals surface area (Å²) >= 11 is 2.12. The van der Waals surface area contributed by atoms with Crippen molar-refractivity contribution in [2.45, 2.75) is 52.1 Å². The van der Waals surface area contributed by atoms with Crippen molar-refractivity contribution in [1.29, 1.82) is 0 Å². The molecule has 1 aliphatic carbocycles. The standard InChI is InChI=1S/C15H30N2S/c1-12-11-18-8-7-17(12)10-13-9-15(2,3)6-5-14(13)16-4/h12-14,16H,5-11H2,1-4H3. The van der Waals surface area contributed by atoms with Gasteiger partial charge in [0, 0.05) is 36.7 Å². The van der Waals surface area contributed by atoms with E-state index in [1.165, 1.54) is 43.9 Å². The average Bonchev–Trinajstić information content (AvgIpc) is 2.31. The second kappa shape index (κ2) is 6.15. The van der Waals surface area contributed by atoms with Crippen LogP contribution in [0.1, 0.15) is 40.0 Å². The summed E-state index contributed by atoms with van der Waals surface area (Å²) < 4.78 is 0. The van der Waals surface area contributed by atoms with E-state index in [-0.39, 0.29) is 0 Å². The zero-order valence-electron chi connectivity index (χ0n) is 12.5. The van der Waals surface area contributed by atoms with Gasteiger partial charge in [-0.25, -0.2) is 0 Å². The first-order chi connectivity index (χ1) is 8.52. The first kappa shape index (κ1) is 14.7. The van der Waals surface area contributed by atoms with Gasteiger partial charge in [0.05, 0.1) is 0 Å². The fraction of sp³-hybridized carbons (Fsp3) is 1.00. The van der Waals surface area contributed by atoms with Crippen LogP contribution in [0.2, 0.25) is 0 Å². The van der Waals surface area contributed by atoms with Crippen LogP contribution < -0.4 is 5.32 Å². The van der Waals surface area contributed by atoms with Gasteiger partial charge in [-0.1, -0.05) is 13.8 Å². The molecule has 0 aromatic heterocycles. The summed E-state index contributed by atoms with van der Waals surface area (Å²) in [7, 11) is 2.14. The number of hydrogen-bond donors (Lipinski definition) is 1. The van der Waals surface area contributed by atoms with E-state index in [0.717, 1.165) is 18.0 Å². The highest BCUT2D eigenvalue weighted by molar-refractivity contribution is 7.99. The summed E-state index contributed by atoms with van der Waals surface area (Å²) in [5, 5.41) is 3.56. The van der Waals surface area contributed by atoms with Crippen LogP contribution in [0.5, 0.6) is 0 Å². The number of nitrogens with one attached hydrogen (secondary N) is 1. The predicted molar refractivity (Wildman–Crippen MR) is 82.3 cm³/mol. The highest BCUT2D eigenvalue weighted by Gasteiger charge is 2.35. The van der Waals surface area contributed by atoms with E-state index in [1.807, 2.05) is 0 Å². The highest BCUT2D eigenvalue weighted by Crippen LogP contribution is 2.39. The van der Waals surface area contributed by atoms with Gasteiger partial charge in [-0.05, 0) is 44.6 Å². The maximum atomic E-state index is 3.56. The molecule has 106 valence electrons. The van der Waals surface area contributed by atoms with Crippen LogP contribution in [-0.4, -0.2) is 48.6 Å². The third-order valence-electron chi connectivity index (χ3n) is 4.86. The quantitative estimate of drug-likeness (QED) is 0.849. The second-order valence-electron chi connectivity index (χ2n) is 6.98. The fourth-order valence-electron chi connectivity index (χ4n) is 3.64. The van der Waals surface area contributed by atoms with Crippen LogP contribution in [0.4, 0.5) is 0 Å². The van der Waals surface area contributed by atoms with Crippen LogP contribution >= 0.6 is 11.8 Å². The third-order valence-corrected chi connectivity index (χ3v) is 6.05. The molecule has 1 heterocycles. The molecule has 2 fully saturated rings. The first-order valence-electron chi connectivity index (χ1n) is 7.51. The highest BCUT2D eigenvalue weighted by atomic mass is 32.2. The summed E-state index contributed by atoms with van der Waals surface area (Å²) in [5.41, 5.74) is 0.547. The van der Waals surface area contributed by atoms with E-state index in [0.29, 0.717) is 5.41 Å². The topological polar surface area (TPSA) is 15.3 Å². The molecule has 0 amide bonds. The van der Waals surface area contributed by atoms with Crippen LogP contribution in [0.25, 0.3) is 0 Å². The van der Waals surface area contributed by atoms with Crippen molar-refractivity contribution in [2.24, 2.45) is 11.3 Å². The molecule has 2 nitrogen and oxygen atoms in total. The lowest BCUT2D eigenvalue weighted by Crippen LogP contribution is -2.50.